The van der Waals surface area contributed by atoms with Crippen molar-refractivity contribution in [3.05, 3.63) is 66.0 Å². The lowest BCUT2D eigenvalue weighted by Gasteiger charge is -2.28. The molecule has 0 saturated heterocycles. The third kappa shape index (κ3) is 7.54. The highest BCUT2D eigenvalue weighted by atomic mass is 16.5. The maximum absolute atomic E-state index is 5.21. The fourth-order valence-corrected chi connectivity index (χ4v) is 5.28. The number of hydrogen-bond donors (Lipinski definition) is 1. The number of aromatic nitrogens is 2. The smallest absolute Gasteiger partial charge is 0.139 e. The van der Waals surface area contributed by atoms with Crippen molar-refractivity contribution < 1.29 is 4.74 Å². The van der Waals surface area contributed by atoms with Gasteiger partial charge in [-0.05, 0) is 67.5 Å². The van der Waals surface area contributed by atoms with E-state index in [-0.39, 0.29) is 0 Å². The zero-order chi connectivity index (χ0) is 25.2. The summed E-state index contributed by atoms with van der Waals surface area (Å²) in [5.74, 6) is 4.63. The molecule has 1 N–H and O–H groups in total. The van der Waals surface area contributed by atoms with Crippen molar-refractivity contribution in [3.63, 3.8) is 0 Å². The van der Waals surface area contributed by atoms with Crippen LogP contribution in [0.2, 0.25) is 0 Å². The number of rotatable bonds is 12. The quantitative estimate of drug-likeness (QED) is 0.295. The van der Waals surface area contributed by atoms with E-state index in [0.29, 0.717) is 0 Å². The molecule has 0 aliphatic heterocycles. The summed E-state index contributed by atoms with van der Waals surface area (Å²) in [6.45, 7) is 2.06. The molecule has 3 aromatic rings. The minimum absolute atomic E-state index is 0.825. The molecule has 1 aromatic heterocycles. The Balaban J connectivity index is 1.11. The van der Waals surface area contributed by atoms with E-state index >= 15 is 0 Å². The van der Waals surface area contributed by atoms with Gasteiger partial charge in [0.15, 0.2) is 0 Å². The molecule has 5 heteroatoms. The number of benzene rings is 2. The number of anilines is 1. The molecule has 1 aliphatic carbocycles. The fourth-order valence-electron chi connectivity index (χ4n) is 5.28. The molecule has 0 spiro atoms. The second-order valence-electron chi connectivity index (χ2n) is 10.3. The first kappa shape index (κ1) is 26.2. The number of aryl methyl sites for hydroxylation is 1. The van der Waals surface area contributed by atoms with E-state index in [9.17, 15) is 0 Å². The lowest BCUT2D eigenvalue weighted by atomic mass is 9.79. The molecule has 0 bridgehead atoms. The van der Waals surface area contributed by atoms with Gasteiger partial charge in [-0.3, -0.25) is 0 Å². The summed E-state index contributed by atoms with van der Waals surface area (Å²) >= 11 is 0. The highest BCUT2D eigenvalue weighted by molar-refractivity contribution is 5.89. The first-order valence-corrected chi connectivity index (χ1v) is 13.6. The average molecular weight is 487 g/mol. The van der Waals surface area contributed by atoms with Gasteiger partial charge in [0, 0.05) is 32.4 Å². The molecule has 4 rings (SSSR count). The Morgan fingerprint density at radius 1 is 0.944 bits per heavy atom. The van der Waals surface area contributed by atoms with Crippen LogP contribution in [0.4, 0.5) is 5.82 Å². The second-order valence-corrected chi connectivity index (χ2v) is 10.3. The summed E-state index contributed by atoms with van der Waals surface area (Å²) in [6, 6.07) is 16.5. The van der Waals surface area contributed by atoms with Gasteiger partial charge in [0.2, 0.25) is 0 Å². The van der Waals surface area contributed by atoms with Crippen LogP contribution in [0.25, 0.3) is 17.0 Å². The van der Waals surface area contributed by atoms with Gasteiger partial charge in [-0.1, -0.05) is 62.1 Å². The molecular formula is C31H42N4O. The van der Waals surface area contributed by atoms with Gasteiger partial charge in [-0.25, -0.2) is 9.97 Å². The van der Waals surface area contributed by atoms with Crippen LogP contribution in [-0.4, -0.2) is 44.3 Å². The molecular weight excluding hydrogens is 444 g/mol. The topological polar surface area (TPSA) is 50.3 Å². The van der Waals surface area contributed by atoms with Crippen molar-refractivity contribution >= 4 is 22.8 Å². The van der Waals surface area contributed by atoms with E-state index in [2.05, 4.69) is 72.9 Å². The number of methoxy groups -OCH3 is 1. The van der Waals surface area contributed by atoms with E-state index in [1.165, 1.54) is 50.5 Å². The van der Waals surface area contributed by atoms with E-state index in [1.807, 2.05) is 12.1 Å². The van der Waals surface area contributed by atoms with Gasteiger partial charge >= 0.3 is 0 Å². The Morgan fingerprint density at radius 3 is 2.44 bits per heavy atom. The first-order chi connectivity index (χ1) is 17.6. The van der Waals surface area contributed by atoms with Crippen LogP contribution in [0.1, 0.15) is 56.3 Å². The largest absolute Gasteiger partial charge is 0.497 e. The normalized spacial score (nSPS) is 18.1. The second kappa shape index (κ2) is 13.4. The van der Waals surface area contributed by atoms with Crippen LogP contribution in [0.5, 0.6) is 5.75 Å². The Kier molecular flexibility index (Phi) is 9.74. The van der Waals surface area contributed by atoms with E-state index in [1.54, 1.807) is 7.11 Å². The minimum Gasteiger partial charge on any atom is -0.497 e. The highest BCUT2D eigenvalue weighted by Crippen LogP contribution is 2.32. The third-order valence-electron chi connectivity index (χ3n) is 7.40. The standard InChI is InChI=1S/C31H42N4O/c1-35(2)31-28-11-5-6-12-29(28)33-30(34-31)13-7-4-9-24-14-16-26(17-15-24)23-32-22-8-10-25-18-20-27(36-3)21-19-25/h5-6,8,10-12,18-21,24,26,32H,4,7,9,13-17,22-23H2,1-3H3/b10-8+. The third-order valence-corrected chi connectivity index (χ3v) is 7.40. The van der Waals surface area contributed by atoms with Crippen LogP contribution in [0.3, 0.4) is 0 Å². The Morgan fingerprint density at radius 2 is 1.69 bits per heavy atom. The van der Waals surface area contributed by atoms with Crippen LogP contribution < -0.4 is 15.0 Å². The van der Waals surface area contributed by atoms with Gasteiger partial charge in [0.25, 0.3) is 0 Å². The van der Waals surface area contributed by atoms with E-state index in [4.69, 9.17) is 14.7 Å². The van der Waals surface area contributed by atoms with Crippen molar-refractivity contribution in [2.45, 2.75) is 51.4 Å². The summed E-state index contributed by atoms with van der Waals surface area (Å²) in [6.07, 6.45) is 14.6. The molecule has 1 saturated carbocycles. The number of ether oxygens (including phenoxy) is 1. The SMILES string of the molecule is COc1ccc(/C=C/CNCC2CCC(CCCCc3nc(N(C)C)c4ccccc4n3)CC2)cc1. The van der Waals surface area contributed by atoms with Gasteiger partial charge in [-0.2, -0.15) is 0 Å². The maximum Gasteiger partial charge on any atom is 0.139 e. The van der Waals surface area contributed by atoms with Crippen LogP contribution in [0, 0.1) is 11.8 Å². The number of hydrogen-bond acceptors (Lipinski definition) is 5. The Bertz CT molecular complexity index is 1100. The minimum atomic E-state index is 0.825. The molecule has 36 heavy (non-hydrogen) atoms. The Labute approximate surface area is 217 Å². The molecule has 1 aliphatic rings. The van der Waals surface area contributed by atoms with Gasteiger partial charge in [0.1, 0.15) is 17.4 Å². The number of unbranched alkanes of at least 4 members (excludes halogenated alkanes) is 1. The summed E-state index contributed by atoms with van der Waals surface area (Å²) in [5, 5.41) is 4.76. The molecule has 0 radical (unpaired) electrons. The van der Waals surface area contributed by atoms with Crippen LogP contribution >= 0.6 is 0 Å². The monoisotopic (exact) mass is 486 g/mol. The Hall–Kier alpha value is -2.92. The fraction of sp³-hybridized carbons (Fsp3) is 0.484. The molecule has 5 nitrogen and oxygen atoms in total. The first-order valence-electron chi connectivity index (χ1n) is 13.6. The lowest BCUT2D eigenvalue weighted by Crippen LogP contribution is -2.26. The maximum atomic E-state index is 5.21. The number of para-hydroxylation sites is 1. The zero-order valence-electron chi connectivity index (χ0n) is 22.2. The number of nitrogens with one attached hydrogen (secondary N) is 1. The lowest BCUT2D eigenvalue weighted by molar-refractivity contribution is 0.254. The van der Waals surface area contributed by atoms with E-state index in [0.717, 1.165) is 59.6 Å². The van der Waals surface area contributed by atoms with Crippen molar-refractivity contribution in [1.29, 1.82) is 0 Å². The molecule has 2 aromatic carbocycles. The molecule has 0 unspecified atom stereocenters. The van der Waals surface area contributed by atoms with Crippen molar-refractivity contribution in [1.82, 2.24) is 15.3 Å². The van der Waals surface area contributed by atoms with Crippen LogP contribution in [0.15, 0.2) is 54.6 Å². The summed E-state index contributed by atoms with van der Waals surface area (Å²) < 4.78 is 5.21. The van der Waals surface area contributed by atoms with Crippen molar-refractivity contribution in [3.8, 4) is 5.75 Å². The number of fused-ring (bicyclic) bond motifs is 1. The average Bonchev–Trinajstić information content (AvgIpc) is 2.91. The van der Waals surface area contributed by atoms with Gasteiger partial charge in [-0.15, -0.1) is 0 Å². The van der Waals surface area contributed by atoms with Gasteiger partial charge in [0.05, 0.1) is 12.6 Å². The zero-order valence-corrected chi connectivity index (χ0v) is 22.2. The van der Waals surface area contributed by atoms with Crippen LogP contribution in [-0.2, 0) is 6.42 Å². The summed E-state index contributed by atoms with van der Waals surface area (Å²) in [4.78, 5) is 11.8. The van der Waals surface area contributed by atoms with Crippen molar-refractivity contribution in [2.24, 2.45) is 11.8 Å². The molecule has 192 valence electrons. The predicted octanol–water partition coefficient (Wildman–Crippen LogP) is 6.53. The molecule has 0 atom stereocenters. The summed E-state index contributed by atoms with van der Waals surface area (Å²) in [7, 11) is 5.82. The molecule has 1 heterocycles. The number of nitrogens with zero attached hydrogens (tertiary/aromatic N) is 3. The molecule has 0 amide bonds. The summed E-state index contributed by atoms with van der Waals surface area (Å²) in [5.41, 5.74) is 2.26. The predicted molar refractivity (Wildman–Crippen MR) is 152 cm³/mol. The van der Waals surface area contributed by atoms with E-state index < -0.39 is 0 Å². The highest BCUT2D eigenvalue weighted by Gasteiger charge is 2.20. The van der Waals surface area contributed by atoms with Crippen molar-refractivity contribution in [2.75, 3.05) is 39.2 Å². The van der Waals surface area contributed by atoms with Gasteiger partial charge < -0.3 is 15.0 Å². The molecule has 1 fully saturated rings.